The average molecular weight is 162 g/mol. The first-order chi connectivity index (χ1) is 5.77. The molecule has 0 amide bonds. The fourth-order valence-electron chi connectivity index (χ4n) is 1.32. The van der Waals surface area contributed by atoms with E-state index in [1.54, 1.807) is 18.3 Å². The van der Waals surface area contributed by atoms with Gasteiger partial charge in [-0.1, -0.05) is 6.07 Å². The van der Waals surface area contributed by atoms with Gasteiger partial charge in [-0.05, 0) is 35.5 Å². The normalized spacial score (nSPS) is 19.9. The Morgan fingerprint density at radius 2 is 2.25 bits per heavy atom. The lowest BCUT2D eigenvalue weighted by atomic mass is 10.0. The molecular weight excluding hydrogens is 152 g/mol. The van der Waals surface area contributed by atoms with Crippen molar-refractivity contribution in [2.75, 3.05) is 0 Å². The van der Waals surface area contributed by atoms with Crippen LogP contribution in [0.2, 0.25) is 0 Å². The number of hydrogen-bond acceptors (Lipinski definition) is 3. The Morgan fingerprint density at radius 3 is 3.08 bits per heavy atom. The molecule has 0 fully saturated rings. The van der Waals surface area contributed by atoms with E-state index in [9.17, 15) is 5.11 Å². The summed E-state index contributed by atoms with van der Waals surface area (Å²) in [6, 6.07) is 5.16. The maximum atomic E-state index is 9.18. The van der Waals surface area contributed by atoms with Crippen LogP contribution in [0, 0.1) is 0 Å². The van der Waals surface area contributed by atoms with Crippen LogP contribution in [0.4, 0.5) is 0 Å². The van der Waals surface area contributed by atoms with Crippen LogP contribution >= 0.6 is 0 Å². The fourth-order valence-corrected chi connectivity index (χ4v) is 1.32. The first-order valence-electron chi connectivity index (χ1n) is 3.78. The first-order valence-corrected chi connectivity index (χ1v) is 3.78. The van der Waals surface area contributed by atoms with Gasteiger partial charge in [-0.3, -0.25) is 0 Å². The zero-order chi connectivity index (χ0) is 8.55. The lowest BCUT2D eigenvalue weighted by Crippen LogP contribution is -2.27. The number of rotatable bonds is 0. The van der Waals surface area contributed by atoms with Crippen molar-refractivity contribution in [1.29, 1.82) is 0 Å². The molecule has 1 aromatic carbocycles. The van der Waals surface area contributed by atoms with Gasteiger partial charge in [0.15, 0.2) is 0 Å². The number of nitrogens with one attached hydrogen (secondary N) is 1. The van der Waals surface area contributed by atoms with Gasteiger partial charge < -0.3 is 16.2 Å². The topological polar surface area (TPSA) is 58.3 Å². The van der Waals surface area contributed by atoms with Crippen LogP contribution in [0.5, 0.6) is 5.75 Å². The molecule has 0 aromatic heterocycles. The summed E-state index contributed by atoms with van der Waals surface area (Å²) in [4.78, 5) is 0. The lowest BCUT2D eigenvalue weighted by Gasteiger charge is -2.19. The number of phenolic OH excluding ortho intramolecular Hbond substituents is 1. The zero-order valence-electron chi connectivity index (χ0n) is 6.49. The van der Waals surface area contributed by atoms with Crippen LogP contribution in [0.1, 0.15) is 17.3 Å². The van der Waals surface area contributed by atoms with Gasteiger partial charge in [0.2, 0.25) is 0 Å². The number of nitrogens with two attached hydrogens (primary N) is 1. The number of phenols is 1. The molecule has 4 N–H and O–H groups in total. The Labute approximate surface area is 70.5 Å². The molecule has 0 bridgehead atoms. The Bertz CT molecular complexity index is 333. The molecule has 62 valence electrons. The lowest BCUT2D eigenvalue weighted by molar-refractivity contribution is 0.474. The molecule has 1 aromatic rings. The molecule has 0 saturated heterocycles. The minimum Gasteiger partial charge on any atom is -0.508 e. The molecule has 0 spiro atoms. The van der Waals surface area contributed by atoms with Gasteiger partial charge in [0.1, 0.15) is 11.9 Å². The zero-order valence-corrected chi connectivity index (χ0v) is 6.49. The van der Waals surface area contributed by atoms with E-state index in [2.05, 4.69) is 5.32 Å². The molecular formula is C9H10N2O. The second-order valence-electron chi connectivity index (χ2n) is 2.79. The molecule has 0 aliphatic carbocycles. The molecule has 1 atom stereocenters. The minimum absolute atomic E-state index is 0.161. The van der Waals surface area contributed by atoms with Crippen molar-refractivity contribution >= 4 is 6.08 Å². The third-order valence-corrected chi connectivity index (χ3v) is 1.94. The predicted molar refractivity (Wildman–Crippen MR) is 47.2 cm³/mol. The monoisotopic (exact) mass is 162 g/mol. The van der Waals surface area contributed by atoms with Crippen molar-refractivity contribution in [3.8, 4) is 5.75 Å². The largest absolute Gasteiger partial charge is 0.508 e. The van der Waals surface area contributed by atoms with Gasteiger partial charge >= 0.3 is 0 Å². The summed E-state index contributed by atoms with van der Waals surface area (Å²) in [5.74, 6) is 0.271. The molecule has 1 aliphatic rings. The highest BCUT2D eigenvalue weighted by atomic mass is 16.3. The van der Waals surface area contributed by atoms with E-state index in [1.807, 2.05) is 12.1 Å². The van der Waals surface area contributed by atoms with Crippen LogP contribution in [0.3, 0.4) is 0 Å². The van der Waals surface area contributed by atoms with Crippen LogP contribution < -0.4 is 11.1 Å². The standard InChI is InChI=1S/C9H10N2O/c10-9-8-2-1-7(12)5-6(8)3-4-11-9/h1-5,9,11-12H,10H2. The Balaban J connectivity index is 2.55. The van der Waals surface area contributed by atoms with Gasteiger partial charge in [0.05, 0.1) is 0 Å². The summed E-state index contributed by atoms with van der Waals surface area (Å²) in [6.07, 6.45) is 3.51. The second-order valence-corrected chi connectivity index (χ2v) is 2.79. The summed E-state index contributed by atoms with van der Waals surface area (Å²) in [5.41, 5.74) is 7.74. The van der Waals surface area contributed by atoms with E-state index >= 15 is 0 Å². The first kappa shape index (κ1) is 7.18. The second kappa shape index (κ2) is 2.53. The van der Waals surface area contributed by atoms with Crippen molar-refractivity contribution in [3.05, 3.63) is 35.5 Å². The highest BCUT2D eigenvalue weighted by Crippen LogP contribution is 2.23. The average Bonchev–Trinajstić information content (AvgIpc) is 2.04. The Hall–Kier alpha value is -1.48. The summed E-state index contributed by atoms with van der Waals surface area (Å²) in [6.45, 7) is 0. The predicted octanol–water partition coefficient (Wildman–Crippen LogP) is 0.923. The molecule has 0 saturated carbocycles. The summed E-state index contributed by atoms with van der Waals surface area (Å²) < 4.78 is 0. The van der Waals surface area contributed by atoms with Crippen LogP contribution in [-0.4, -0.2) is 5.11 Å². The molecule has 1 heterocycles. The maximum Gasteiger partial charge on any atom is 0.116 e. The van der Waals surface area contributed by atoms with Crippen LogP contribution in [-0.2, 0) is 0 Å². The third-order valence-electron chi connectivity index (χ3n) is 1.94. The van der Waals surface area contributed by atoms with Crippen molar-refractivity contribution in [3.63, 3.8) is 0 Å². The van der Waals surface area contributed by atoms with Crippen molar-refractivity contribution < 1.29 is 5.11 Å². The summed E-state index contributed by atoms with van der Waals surface area (Å²) >= 11 is 0. The van der Waals surface area contributed by atoms with E-state index in [0.717, 1.165) is 11.1 Å². The highest BCUT2D eigenvalue weighted by molar-refractivity contribution is 5.58. The van der Waals surface area contributed by atoms with E-state index in [4.69, 9.17) is 5.73 Å². The number of fused-ring (bicyclic) bond motifs is 1. The summed E-state index contributed by atoms with van der Waals surface area (Å²) in [5, 5.41) is 12.2. The highest BCUT2D eigenvalue weighted by Gasteiger charge is 2.11. The molecule has 3 nitrogen and oxygen atoms in total. The van der Waals surface area contributed by atoms with E-state index in [0.29, 0.717) is 0 Å². The van der Waals surface area contributed by atoms with Crippen molar-refractivity contribution in [1.82, 2.24) is 5.32 Å². The molecule has 1 aliphatic heterocycles. The van der Waals surface area contributed by atoms with E-state index in [-0.39, 0.29) is 11.9 Å². The van der Waals surface area contributed by atoms with Gasteiger partial charge in [0, 0.05) is 0 Å². The number of aromatic hydroxyl groups is 1. The minimum atomic E-state index is -0.161. The molecule has 12 heavy (non-hydrogen) atoms. The van der Waals surface area contributed by atoms with Crippen LogP contribution in [0.25, 0.3) is 6.08 Å². The van der Waals surface area contributed by atoms with Gasteiger partial charge in [-0.15, -0.1) is 0 Å². The van der Waals surface area contributed by atoms with Gasteiger partial charge in [-0.2, -0.15) is 0 Å². The molecule has 2 rings (SSSR count). The van der Waals surface area contributed by atoms with E-state index < -0.39 is 0 Å². The Morgan fingerprint density at radius 1 is 1.42 bits per heavy atom. The van der Waals surface area contributed by atoms with Gasteiger partial charge in [0.25, 0.3) is 0 Å². The quantitative estimate of drug-likeness (QED) is 0.531. The molecule has 3 heteroatoms. The SMILES string of the molecule is NC1NC=Cc2cc(O)ccc21. The maximum absolute atomic E-state index is 9.18. The third kappa shape index (κ3) is 1.04. The van der Waals surface area contributed by atoms with Crippen LogP contribution in [0.15, 0.2) is 24.4 Å². The summed E-state index contributed by atoms with van der Waals surface area (Å²) in [7, 11) is 0. The van der Waals surface area contributed by atoms with Crippen molar-refractivity contribution in [2.24, 2.45) is 5.73 Å². The fraction of sp³-hybridized carbons (Fsp3) is 0.111. The molecule has 0 radical (unpaired) electrons. The number of hydrogen-bond donors (Lipinski definition) is 3. The molecule has 1 unspecified atom stereocenters. The number of benzene rings is 1. The van der Waals surface area contributed by atoms with Crippen molar-refractivity contribution in [2.45, 2.75) is 6.17 Å². The Kier molecular flexibility index (Phi) is 1.52. The van der Waals surface area contributed by atoms with E-state index in [1.165, 1.54) is 0 Å². The smallest absolute Gasteiger partial charge is 0.116 e. The van der Waals surface area contributed by atoms with Gasteiger partial charge in [-0.25, -0.2) is 0 Å².